The van der Waals surface area contributed by atoms with Gasteiger partial charge in [0.1, 0.15) is 0 Å². The fourth-order valence-electron chi connectivity index (χ4n) is 2.94. The van der Waals surface area contributed by atoms with E-state index in [4.69, 9.17) is 5.73 Å². The van der Waals surface area contributed by atoms with Crippen LogP contribution >= 0.6 is 0 Å². The molecule has 0 aliphatic heterocycles. The van der Waals surface area contributed by atoms with Crippen molar-refractivity contribution in [2.24, 2.45) is 5.73 Å². The van der Waals surface area contributed by atoms with E-state index in [1.54, 1.807) is 0 Å². The first-order valence-corrected chi connectivity index (χ1v) is 6.84. The van der Waals surface area contributed by atoms with Gasteiger partial charge in [-0.2, -0.15) is 0 Å². The molecule has 0 spiro atoms. The Morgan fingerprint density at radius 1 is 1.39 bits per heavy atom. The quantitative estimate of drug-likeness (QED) is 0.798. The molecule has 3 N–H and O–H groups in total. The highest BCUT2D eigenvalue weighted by atomic mass is 16.3. The van der Waals surface area contributed by atoms with Gasteiger partial charge in [0.25, 0.3) is 0 Å². The van der Waals surface area contributed by atoms with Crippen LogP contribution in [-0.2, 0) is 0 Å². The van der Waals surface area contributed by atoms with Crippen LogP contribution in [0.2, 0.25) is 0 Å². The zero-order valence-corrected chi connectivity index (χ0v) is 10.8. The van der Waals surface area contributed by atoms with E-state index in [1.165, 1.54) is 25.7 Å². The number of hydrogen-bond donors (Lipinski definition) is 2. The van der Waals surface area contributed by atoms with Crippen molar-refractivity contribution in [1.29, 1.82) is 0 Å². The molecular formula is C14H23N3O. The van der Waals surface area contributed by atoms with Crippen molar-refractivity contribution in [3.05, 3.63) is 30.1 Å². The van der Waals surface area contributed by atoms with E-state index in [2.05, 4.69) is 9.88 Å². The van der Waals surface area contributed by atoms with Crippen LogP contribution in [0.1, 0.15) is 37.4 Å². The molecule has 0 saturated heterocycles. The standard InChI is InChI=1S/C14H23N3O/c15-11-14(13-7-3-4-8-16-13)17(9-10-18)12-5-1-2-6-12/h3-4,7-8,12,14,18H,1-2,5-6,9-11,15H2. The van der Waals surface area contributed by atoms with E-state index < -0.39 is 0 Å². The number of nitrogens with zero attached hydrogens (tertiary/aromatic N) is 2. The Balaban J connectivity index is 2.16. The van der Waals surface area contributed by atoms with Crippen molar-refractivity contribution in [3.63, 3.8) is 0 Å². The zero-order chi connectivity index (χ0) is 12.8. The third-order valence-electron chi connectivity index (χ3n) is 3.80. The summed E-state index contributed by atoms with van der Waals surface area (Å²) in [6.07, 6.45) is 6.80. The van der Waals surface area contributed by atoms with Crippen molar-refractivity contribution in [2.75, 3.05) is 19.7 Å². The number of pyridine rings is 1. The van der Waals surface area contributed by atoms with Gasteiger partial charge in [0.05, 0.1) is 18.3 Å². The van der Waals surface area contributed by atoms with Gasteiger partial charge in [-0.05, 0) is 25.0 Å². The second-order valence-electron chi connectivity index (χ2n) is 4.91. The normalized spacial score (nSPS) is 18.4. The summed E-state index contributed by atoms with van der Waals surface area (Å²) in [5.74, 6) is 0. The van der Waals surface area contributed by atoms with E-state index in [0.29, 0.717) is 19.1 Å². The molecule has 18 heavy (non-hydrogen) atoms. The average Bonchev–Trinajstić information content (AvgIpc) is 2.93. The fraction of sp³-hybridized carbons (Fsp3) is 0.643. The van der Waals surface area contributed by atoms with Crippen molar-refractivity contribution in [2.45, 2.75) is 37.8 Å². The Labute approximate surface area is 109 Å². The molecule has 1 aromatic rings. The van der Waals surface area contributed by atoms with E-state index in [-0.39, 0.29) is 12.6 Å². The Morgan fingerprint density at radius 2 is 2.17 bits per heavy atom. The van der Waals surface area contributed by atoms with Gasteiger partial charge in [0.2, 0.25) is 0 Å². The Kier molecular flexibility index (Phi) is 5.11. The summed E-state index contributed by atoms with van der Waals surface area (Å²) in [6, 6.07) is 6.62. The minimum absolute atomic E-state index is 0.126. The van der Waals surface area contributed by atoms with Gasteiger partial charge in [0.15, 0.2) is 0 Å². The van der Waals surface area contributed by atoms with Crippen LogP contribution in [0.4, 0.5) is 0 Å². The first kappa shape index (κ1) is 13.5. The summed E-state index contributed by atoms with van der Waals surface area (Å²) in [5.41, 5.74) is 6.95. The average molecular weight is 249 g/mol. The maximum absolute atomic E-state index is 9.29. The molecule has 1 heterocycles. The highest BCUT2D eigenvalue weighted by Crippen LogP contribution is 2.29. The van der Waals surface area contributed by atoms with Crippen LogP contribution in [-0.4, -0.2) is 40.7 Å². The number of rotatable bonds is 6. The molecule has 0 radical (unpaired) electrons. The molecule has 2 rings (SSSR count). The molecule has 0 amide bonds. The summed E-state index contributed by atoms with van der Waals surface area (Å²) >= 11 is 0. The molecule has 1 fully saturated rings. The SMILES string of the molecule is NCC(c1ccccn1)N(CCO)C1CCCC1. The first-order chi connectivity index (χ1) is 8.86. The highest BCUT2D eigenvalue weighted by Gasteiger charge is 2.29. The maximum atomic E-state index is 9.29. The van der Waals surface area contributed by atoms with Crippen molar-refractivity contribution < 1.29 is 5.11 Å². The molecule has 1 unspecified atom stereocenters. The summed E-state index contributed by atoms with van der Waals surface area (Å²) in [5, 5.41) is 9.29. The van der Waals surface area contributed by atoms with Gasteiger partial charge in [-0.25, -0.2) is 0 Å². The minimum Gasteiger partial charge on any atom is -0.395 e. The van der Waals surface area contributed by atoms with Crippen LogP contribution in [0.5, 0.6) is 0 Å². The Hall–Kier alpha value is -0.970. The molecule has 1 atom stereocenters. The molecule has 1 saturated carbocycles. The third-order valence-corrected chi connectivity index (χ3v) is 3.80. The molecule has 0 bridgehead atoms. The molecular weight excluding hydrogens is 226 g/mol. The highest BCUT2D eigenvalue weighted by molar-refractivity contribution is 5.10. The van der Waals surface area contributed by atoms with E-state index in [9.17, 15) is 5.11 Å². The number of aliphatic hydroxyl groups excluding tert-OH is 1. The second kappa shape index (κ2) is 6.83. The van der Waals surface area contributed by atoms with Crippen molar-refractivity contribution in [1.82, 2.24) is 9.88 Å². The topological polar surface area (TPSA) is 62.4 Å². The van der Waals surface area contributed by atoms with E-state index >= 15 is 0 Å². The van der Waals surface area contributed by atoms with Gasteiger partial charge < -0.3 is 10.8 Å². The summed E-state index contributed by atoms with van der Waals surface area (Å²) in [7, 11) is 0. The fourth-order valence-corrected chi connectivity index (χ4v) is 2.94. The lowest BCUT2D eigenvalue weighted by atomic mass is 10.1. The molecule has 1 aliphatic carbocycles. The second-order valence-corrected chi connectivity index (χ2v) is 4.91. The maximum Gasteiger partial charge on any atom is 0.0647 e. The summed E-state index contributed by atoms with van der Waals surface area (Å²) in [6.45, 7) is 1.41. The van der Waals surface area contributed by atoms with E-state index in [1.807, 2.05) is 24.4 Å². The summed E-state index contributed by atoms with van der Waals surface area (Å²) < 4.78 is 0. The van der Waals surface area contributed by atoms with Crippen LogP contribution < -0.4 is 5.73 Å². The van der Waals surface area contributed by atoms with Gasteiger partial charge in [-0.15, -0.1) is 0 Å². The minimum atomic E-state index is 0.126. The molecule has 1 aliphatic rings. The molecule has 4 nitrogen and oxygen atoms in total. The first-order valence-electron chi connectivity index (χ1n) is 6.84. The third kappa shape index (κ3) is 3.07. The molecule has 4 heteroatoms. The molecule has 100 valence electrons. The number of hydrogen-bond acceptors (Lipinski definition) is 4. The number of nitrogens with two attached hydrogens (primary N) is 1. The van der Waals surface area contributed by atoms with Crippen molar-refractivity contribution in [3.8, 4) is 0 Å². The predicted molar refractivity (Wildman–Crippen MR) is 72.1 cm³/mol. The van der Waals surface area contributed by atoms with Crippen LogP contribution in [0.25, 0.3) is 0 Å². The Bertz CT molecular complexity index is 338. The largest absolute Gasteiger partial charge is 0.395 e. The van der Waals surface area contributed by atoms with Gasteiger partial charge >= 0.3 is 0 Å². The molecule has 0 aromatic carbocycles. The van der Waals surface area contributed by atoms with Crippen LogP contribution in [0, 0.1) is 0 Å². The van der Waals surface area contributed by atoms with Crippen molar-refractivity contribution >= 4 is 0 Å². The Morgan fingerprint density at radius 3 is 2.72 bits per heavy atom. The van der Waals surface area contributed by atoms with E-state index in [0.717, 1.165) is 5.69 Å². The predicted octanol–water partition coefficient (Wildman–Crippen LogP) is 1.32. The number of aliphatic hydroxyl groups is 1. The van der Waals surface area contributed by atoms with Gasteiger partial charge in [-0.3, -0.25) is 9.88 Å². The van der Waals surface area contributed by atoms with Crippen LogP contribution in [0.15, 0.2) is 24.4 Å². The summed E-state index contributed by atoms with van der Waals surface area (Å²) in [4.78, 5) is 6.76. The van der Waals surface area contributed by atoms with Gasteiger partial charge in [0, 0.05) is 25.3 Å². The van der Waals surface area contributed by atoms with Gasteiger partial charge in [-0.1, -0.05) is 18.9 Å². The lowest BCUT2D eigenvalue weighted by Gasteiger charge is -2.35. The lowest BCUT2D eigenvalue weighted by Crippen LogP contribution is -2.42. The van der Waals surface area contributed by atoms with Crippen LogP contribution in [0.3, 0.4) is 0 Å². The zero-order valence-electron chi connectivity index (χ0n) is 10.8. The smallest absolute Gasteiger partial charge is 0.0647 e. The lowest BCUT2D eigenvalue weighted by molar-refractivity contribution is 0.105. The molecule has 1 aromatic heterocycles. The number of aromatic nitrogens is 1. The monoisotopic (exact) mass is 249 g/mol.